The second kappa shape index (κ2) is 3.91. The second-order valence-corrected chi connectivity index (χ2v) is 3.66. The fourth-order valence-corrected chi connectivity index (χ4v) is 1.80. The van der Waals surface area contributed by atoms with Crippen molar-refractivity contribution in [3.8, 4) is 0 Å². The maximum Gasteiger partial charge on any atom is 0.0167 e. The molecule has 2 unspecified atom stereocenters. The lowest BCUT2D eigenvalue weighted by Crippen LogP contribution is -2.37. The molecule has 0 aromatic heterocycles. The highest BCUT2D eigenvalue weighted by Gasteiger charge is 2.19. The van der Waals surface area contributed by atoms with Crippen LogP contribution >= 0.6 is 0 Å². The third kappa shape index (κ3) is 2.33. The first-order valence-electron chi connectivity index (χ1n) is 4.65. The summed E-state index contributed by atoms with van der Waals surface area (Å²) in [5.74, 6) is 0.788. The van der Waals surface area contributed by atoms with Crippen LogP contribution in [-0.2, 0) is 0 Å². The fraction of sp³-hybridized carbons (Fsp3) is 0.800. The Kier molecular flexibility index (Phi) is 3.13. The quantitative estimate of drug-likeness (QED) is 0.600. The Balaban J connectivity index is 2.40. The maximum absolute atomic E-state index is 4.09. The summed E-state index contributed by atoms with van der Waals surface area (Å²) in [6.45, 7) is 9.63. The molecule has 1 aliphatic heterocycles. The Labute approximate surface area is 69.9 Å². The van der Waals surface area contributed by atoms with E-state index in [9.17, 15) is 0 Å². The van der Waals surface area contributed by atoms with E-state index in [2.05, 4.69) is 25.7 Å². The Morgan fingerprint density at radius 2 is 2.36 bits per heavy atom. The van der Waals surface area contributed by atoms with E-state index in [4.69, 9.17) is 0 Å². The van der Waals surface area contributed by atoms with E-state index >= 15 is 0 Å². The van der Waals surface area contributed by atoms with E-state index in [-0.39, 0.29) is 0 Å². The fourth-order valence-electron chi connectivity index (χ4n) is 1.80. The highest BCUT2D eigenvalue weighted by molar-refractivity contribution is 5.07. The first-order chi connectivity index (χ1) is 5.24. The summed E-state index contributed by atoms with van der Waals surface area (Å²) in [4.78, 5) is 0. The molecular weight excluding hydrogens is 134 g/mol. The number of piperidine rings is 1. The van der Waals surface area contributed by atoms with Crippen molar-refractivity contribution >= 4 is 0 Å². The average molecular weight is 153 g/mol. The van der Waals surface area contributed by atoms with Gasteiger partial charge in [-0.2, -0.15) is 0 Å². The minimum atomic E-state index is 0.692. The lowest BCUT2D eigenvalue weighted by molar-refractivity contribution is 0.371. The first-order valence-corrected chi connectivity index (χ1v) is 4.65. The van der Waals surface area contributed by atoms with Crippen LogP contribution in [0.2, 0.25) is 0 Å². The third-order valence-corrected chi connectivity index (χ3v) is 2.53. The smallest absolute Gasteiger partial charge is 0.0167 e. The van der Waals surface area contributed by atoms with Gasteiger partial charge in [-0.1, -0.05) is 25.5 Å². The van der Waals surface area contributed by atoms with E-state index in [1.807, 2.05) is 0 Å². The highest BCUT2D eigenvalue weighted by atomic mass is 14.9. The maximum atomic E-state index is 4.09. The number of hydrogen-bond acceptors (Lipinski definition) is 1. The van der Waals surface area contributed by atoms with E-state index in [1.54, 1.807) is 0 Å². The lowest BCUT2D eigenvalue weighted by atomic mass is 9.86. The standard InChI is InChI=1S/C10H19N/c1-4-5-10-6-9(3)11-7-8(10)2/h9-11H,2,4-7H2,1,3H3. The molecule has 64 valence electrons. The average Bonchev–Trinajstić information content (AvgIpc) is 1.98. The SMILES string of the molecule is C=C1CNC(C)CC1CCC. The van der Waals surface area contributed by atoms with Crippen LogP contribution in [0.4, 0.5) is 0 Å². The van der Waals surface area contributed by atoms with Gasteiger partial charge >= 0.3 is 0 Å². The molecule has 1 N–H and O–H groups in total. The summed E-state index contributed by atoms with van der Waals surface area (Å²) in [6, 6.07) is 0.692. The van der Waals surface area contributed by atoms with Gasteiger partial charge in [0.25, 0.3) is 0 Å². The molecule has 1 saturated heterocycles. The summed E-state index contributed by atoms with van der Waals surface area (Å²) in [5, 5.41) is 3.42. The number of rotatable bonds is 2. The van der Waals surface area contributed by atoms with E-state index in [0.717, 1.165) is 12.5 Å². The van der Waals surface area contributed by atoms with Crippen LogP contribution < -0.4 is 5.32 Å². The van der Waals surface area contributed by atoms with Crippen molar-refractivity contribution in [1.29, 1.82) is 0 Å². The summed E-state index contributed by atoms with van der Waals surface area (Å²) >= 11 is 0. The Morgan fingerprint density at radius 3 is 3.00 bits per heavy atom. The zero-order chi connectivity index (χ0) is 8.27. The van der Waals surface area contributed by atoms with Crippen molar-refractivity contribution in [1.82, 2.24) is 5.32 Å². The van der Waals surface area contributed by atoms with Crippen LogP contribution in [0.5, 0.6) is 0 Å². The molecule has 0 saturated carbocycles. The predicted molar refractivity (Wildman–Crippen MR) is 49.6 cm³/mol. The zero-order valence-corrected chi connectivity index (χ0v) is 7.69. The van der Waals surface area contributed by atoms with Crippen molar-refractivity contribution < 1.29 is 0 Å². The van der Waals surface area contributed by atoms with Crippen molar-refractivity contribution in [3.05, 3.63) is 12.2 Å². The van der Waals surface area contributed by atoms with Crippen molar-refractivity contribution in [2.24, 2.45) is 5.92 Å². The lowest BCUT2D eigenvalue weighted by Gasteiger charge is -2.29. The topological polar surface area (TPSA) is 12.0 Å². The molecule has 1 heteroatoms. The van der Waals surface area contributed by atoms with E-state index in [0.29, 0.717) is 6.04 Å². The molecule has 0 spiro atoms. The summed E-state index contributed by atoms with van der Waals surface area (Å²) in [5.41, 5.74) is 1.41. The van der Waals surface area contributed by atoms with Gasteiger partial charge in [0, 0.05) is 12.6 Å². The number of nitrogens with one attached hydrogen (secondary N) is 1. The molecule has 1 nitrogen and oxygen atoms in total. The number of hydrogen-bond donors (Lipinski definition) is 1. The van der Waals surface area contributed by atoms with Crippen molar-refractivity contribution in [2.45, 2.75) is 39.2 Å². The second-order valence-electron chi connectivity index (χ2n) is 3.66. The van der Waals surface area contributed by atoms with Gasteiger partial charge in [-0.05, 0) is 25.7 Å². The molecule has 0 aliphatic carbocycles. The van der Waals surface area contributed by atoms with Gasteiger partial charge in [-0.25, -0.2) is 0 Å². The molecule has 0 radical (unpaired) electrons. The third-order valence-electron chi connectivity index (χ3n) is 2.53. The van der Waals surface area contributed by atoms with Crippen molar-refractivity contribution in [3.63, 3.8) is 0 Å². The Bertz CT molecular complexity index is 140. The molecule has 0 amide bonds. The van der Waals surface area contributed by atoms with Crippen LogP contribution in [-0.4, -0.2) is 12.6 Å². The van der Waals surface area contributed by atoms with Crippen LogP contribution in [0.3, 0.4) is 0 Å². The van der Waals surface area contributed by atoms with E-state index < -0.39 is 0 Å². The van der Waals surface area contributed by atoms with Crippen LogP contribution in [0.25, 0.3) is 0 Å². The molecule has 0 aromatic carbocycles. The summed E-state index contributed by atoms with van der Waals surface area (Å²) in [7, 11) is 0. The van der Waals surface area contributed by atoms with E-state index in [1.165, 1.54) is 24.8 Å². The van der Waals surface area contributed by atoms with Gasteiger partial charge < -0.3 is 5.32 Å². The van der Waals surface area contributed by atoms with Crippen LogP contribution in [0.1, 0.15) is 33.1 Å². The van der Waals surface area contributed by atoms with Gasteiger partial charge in [0.2, 0.25) is 0 Å². The zero-order valence-electron chi connectivity index (χ0n) is 7.69. The molecule has 1 fully saturated rings. The van der Waals surface area contributed by atoms with Gasteiger partial charge in [-0.3, -0.25) is 0 Å². The summed E-state index contributed by atoms with van der Waals surface area (Å²) in [6.07, 6.45) is 3.90. The molecule has 1 aliphatic rings. The Morgan fingerprint density at radius 1 is 1.64 bits per heavy atom. The van der Waals surface area contributed by atoms with Crippen LogP contribution in [0, 0.1) is 5.92 Å². The first kappa shape index (κ1) is 8.79. The highest BCUT2D eigenvalue weighted by Crippen LogP contribution is 2.24. The molecular formula is C10H19N. The van der Waals surface area contributed by atoms with Crippen molar-refractivity contribution in [2.75, 3.05) is 6.54 Å². The minimum absolute atomic E-state index is 0.692. The van der Waals surface area contributed by atoms with Gasteiger partial charge in [0.15, 0.2) is 0 Å². The molecule has 0 aromatic rings. The predicted octanol–water partition coefficient (Wildman–Crippen LogP) is 2.34. The summed E-state index contributed by atoms with van der Waals surface area (Å²) < 4.78 is 0. The minimum Gasteiger partial charge on any atom is -0.311 e. The largest absolute Gasteiger partial charge is 0.311 e. The monoisotopic (exact) mass is 153 g/mol. The normalized spacial score (nSPS) is 32.4. The van der Waals surface area contributed by atoms with Crippen LogP contribution in [0.15, 0.2) is 12.2 Å². The molecule has 2 atom stereocenters. The van der Waals surface area contributed by atoms with Gasteiger partial charge in [-0.15, -0.1) is 0 Å². The van der Waals surface area contributed by atoms with Gasteiger partial charge in [0.05, 0.1) is 0 Å². The molecule has 11 heavy (non-hydrogen) atoms. The molecule has 1 heterocycles. The molecule has 0 bridgehead atoms. The Hall–Kier alpha value is -0.300. The van der Waals surface area contributed by atoms with Gasteiger partial charge in [0.1, 0.15) is 0 Å². The molecule has 1 rings (SSSR count).